The molecule has 0 aliphatic carbocycles. The topological polar surface area (TPSA) is 59.8 Å². The van der Waals surface area contributed by atoms with Crippen LogP contribution in [0.2, 0.25) is 0 Å². The molecule has 0 saturated carbocycles. The van der Waals surface area contributed by atoms with Crippen molar-refractivity contribution in [3.63, 3.8) is 0 Å². The number of β-amino-alcohol motifs (C(OH)–C–C–N with tert-alkyl or cyclic N) is 1. The molecule has 0 radical (unpaired) electrons. The third kappa shape index (κ3) is 4.15. The van der Waals surface area contributed by atoms with Crippen molar-refractivity contribution >= 4 is 11.3 Å². The summed E-state index contributed by atoms with van der Waals surface area (Å²) in [7, 11) is 0. The first-order valence-electron chi connectivity index (χ1n) is 9.45. The lowest BCUT2D eigenvalue weighted by Crippen LogP contribution is -2.42. The van der Waals surface area contributed by atoms with Gasteiger partial charge in [0.2, 0.25) is 0 Å². The highest BCUT2D eigenvalue weighted by atomic mass is 32.1. The van der Waals surface area contributed by atoms with Crippen LogP contribution in [0.5, 0.6) is 0 Å². The van der Waals surface area contributed by atoms with Gasteiger partial charge in [-0.2, -0.15) is 0 Å². The Morgan fingerprint density at radius 3 is 2.54 bits per heavy atom. The van der Waals surface area contributed by atoms with E-state index in [9.17, 15) is 10.2 Å². The van der Waals surface area contributed by atoms with E-state index in [-0.39, 0.29) is 6.10 Å². The first kappa shape index (κ1) is 18.1. The van der Waals surface area contributed by atoms with Gasteiger partial charge in [-0.15, -0.1) is 11.3 Å². The molecule has 2 N–H and O–H groups in total. The first-order chi connectivity index (χ1) is 12.6. The van der Waals surface area contributed by atoms with Crippen LogP contribution in [0.25, 0.3) is 0 Å². The van der Waals surface area contributed by atoms with E-state index in [1.165, 1.54) is 5.56 Å². The van der Waals surface area contributed by atoms with E-state index >= 15 is 0 Å². The van der Waals surface area contributed by atoms with Gasteiger partial charge in [-0.05, 0) is 24.8 Å². The van der Waals surface area contributed by atoms with Crippen molar-refractivity contribution in [2.45, 2.75) is 44.1 Å². The number of aromatic nitrogens is 1. The van der Waals surface area contributed by atoms with Crippen LogP contribution in [0.1, 0.15) is 35.5 Å². The lowest BCUT2D eigenvalue weighted by molar-refractivity contribution is -0.0308. The second-order valence-electron chi connectivity index (χ2n) is 7.60. The zero-order chi connectivity index (χ0) is 18.0. The number of piperidine rings is 1. The van der Waals surface area contributed by atoms with Crippen molar-refractivity contribution in [3.8, 4) is 0 Å². The molecule has 1 atom stereocenters. The Morgan fingerprint density at radius 2 is 1.85 bits per heavy atom. The van der Waals surface area contributed by atoms with E-state index < -0.39 is 5.60 Å². The molecule has 0 unspecified atom stereocenters. The fraction of sp³-hybridized carbons (Fsp3) is 0.550. The maximum absolute atomic E-state index is 11.1. The Labute approximate surface area is 158 Å². The quantitative estimate of drug-likeness (QED) is 0.841. The van der Waals surface area contributed by atoms with Crippen molar-refractivity contribution < 1.29 is 10.2 Å². The average Bonchev–Trinajstić information content (AvgIpc) is 3.28. The van der Waals surface area contributed by atoms with Crippen LogP contribution in [0.15, 0.2) is 35.7 Å². The molecule has 2 saturated heterocycles. The Kier molecular flexibility index (Phi) is 5.38. The summed E-state index contributed by atoms with van der Waals surface area (Å²) >= 11 is 1.63. The van der Waals surface area contributed by atoms with E-state index in [1.807, 2.05) is 11.4 Å². The SMILES string of the molecule is O[C@@H]1CCN(Cc2nc(C3(O)CCN(Cc4ccccc4)CC3)cs2)C1. The molecule has 3 heterocycles. The smallest absolute Gasteiger partial charge is 0.110 e. The van der Waals surface area contributed by atoms with Gasteiger partial charge in [0.15, 0.2) is 0 Å². The Bertz CT molecular complexity index is 713. The predicted molar refractivity (Wildman–Crippen MR) is 103 cm³/mol. The molecule has 6 heteroatoms. The molecule has 2 aromatic rings. The van der Waals surface area contributed by atoms with Gasteiger partial charge in [0.05, 0.1) is 18.3 Å². The van der Waals surface area contributed by atoms with Gasteiger partial charge in [-0.3, -0.25) is 9.80 Å². The van der Waals surface area contributed by atoms with Gasteiger partial charge in [-0.1, -0.05) is 30.3 Å². The van der Waals surface area contributed by atoms with Gasteiger partial charge in [-0.25, -0.2) is 4.98 Å². The summed E-state index contributed by atoms with van der Waals surface area (Å²) in [6.45, 7) is 5.14. The third-order valence-corrected chi connectivity index (χ3v) is 6.40. The lowest BCUT2D eigenvalue weighted by atomic mass is 9.88. The summed E-state index contributed by atoms with van der Waals surface area (Å²) < 4.78 is 0. The number of hydrogen-bond donors (Lipinski definition) is 2. The minimum atomic E-state index is -0.799. The number of hydrogen-bond acceptors (Lipinski definition) is 6. The number of aliphatic hydroxyl groups excluding tert-OH is 1. The molecule has 2 aliphatic rings. The molecule has 140 valence electrons. The van der Waals surface area contributed by atoms with Crippen LogP contribution in [0.4, 0.5) is 0 Å². The van der Waals surface area contributed by atoms with Gasteiger partial charge < -0.3 is 10.2 Å². The summed E-state index contributed by atoms with van der Waals surface area (Å²) in [6.07, 6.45) is 2.10. The maximum Gasteiger partial charge on any atom is 0.110 e. The van der Waals surface area contributed by atoms with Gasteiger partial charge in [0.25, 0.3) is 0 Å². The van der Waals surface area contributed by atoms with Crippen molar-refractivity contribution in [1.29, 1.82) is 0 Å². The number of benzene rings is 1. The van der Waals surface area contributed by atoms with Gasteiger partial charge in [0, 0.05) is 38.1 Å². The molecular formula is C20H27N3O2S. The highest BCUT2D eigenvalue weighted by Crippen LogP contribution is 2.34. The number of nitrogens with zero attached hydrogens (tertiary/aromatic N) is 3. The van der Waals surface area contributed by atoms with Crippen LogP contribution < -0.4 is 0 Å². The molecule has 0 amide bonds. The summed E-state index contributed by atoms with van der Waals surface area (Å²) in [5.74, 6) is 0. The van der Waals surface area contributed by atoms with Crippen LogP contribution in [-0.2, 0) is 18.7 Å². The van der Waals surface area contributed by atoms with Crippen LogP contribution >= 0.6 is 11.3 Å². The largest absolute Gasteiger partial charge is 0.392 e. The molecule has 2 fully saturated rings. The minimum absolute atomic E-state index is 0.201. The van der Waals surface area contributed by atoms with Gasteiger partial charge >= 0.3 is 0 Å². The van der Waals surface area contributed by atoms with Crippen LogP contribution in [0, 0.1) is 0 Å². The van der Waals surface area contributed by atoms with E-state index in [0.29, 0.717) is 0 Å². The molecule has 1 aromatic carbocycles. The number of aliphatic hydroxyl groups is 2. The van der Waals surface area contributed by atoms with Crippen LogP contribution in [0.3, 0.4) is 0 Å². The molecule has 5 nitrogen and oxygen atoms in total. The van der Waals surface area contributed by atoms with E-state index in [0.717, 1.165) is 69.2 Å². The number of rotatable bonds is 5. The number of likely N-dealkylation sites (tertiary alicyclic amines) is 2. The standard InChI is InChI=1S/C20H27N3O2S/c24-17-6-9-23(13-17)14-19-21-18(15-26-19)20(25)7-10-22(11-8-20)12-16-4-2-1-3-5-16/h1-5,15,17,24-25H,6-14H2/t17-/m1/s1. The third-order valence-electron chi connectivity index (χ3n) is 5.57. The molecule has 1 aromatic heterocycles. The average molecular weight is 374 g/mol. The van der Waals surface area contributed by atoms with Crippen molar-refractivity contribution in [1.82, 2.24) is 14.8 Å². The fourth-order valence-electron chi connectivity index (χ4n) is 3.92. The number of thiazole rings is 1. The highest BCUT2D eigenvalue weighted by Gasteiger charge is 2.36. The Morgan fingerprint density at radius 1 is 1.08 bits per heavy atom. The Hall–Kier alpha value is -1.31. The minimum Gasteiger partial charge on any atom is -0.392 e. The monoisotopic (exact) mass is 373 g/mol. The van der Waals surface area contributed by atoms with E-state index in [2.05, 4.69) is 34.1 Å². The van der Waals surface area contributed by atoms with Crippen molar-refractivity contribution in [3.05, 3.63) is 52.0 Å². The maximum atomic E-state index is 11.1. The zero-order valence-corrected chi connectivity index (χ0v) is 15.9. The Balaban J connectivity index is 1.33. The molecule has 0 spiro atoms. The van der Waals surface area contributed by atoms with E-state index in [4.69, 9.17) is 4.98 Å². The zero-order valence-electron chi connectivity index (χ0n) is 15.0. The molecule has 4 rings (SSSR count). The summed E-state index contributed by atoms with van der Waals surface area (Å²) in [4.78, 5) is 9.37. The predicted octanol–water partition coefficient (Wildman–Crippen LogP) is 2.19. The second kappa shape index (κ2) is 7.74. The summed E-state index contributed by atoms with van der Waals surface area (Å²) in [5, 5.41) is 23.8. The molecule has 2 aliphatic heterocycles. The normalized spacial score (nSPS) is 24.2. The second-order valence-corrected chi connectivity index (χ2v) is 8.54. The summed E-state index contributed by atoms with van der Waals surface area (Å²) in [5.41, 5.74) is 1.35. The summed E-state index contributed by atoms with van der Waals surface area (Å²) in [6, 6.07) is 10.5. The first-order valence-corrected chi connectivity index (χ1v) is 10.3. The van der Waals surface area contributed by atoms with Crippen LogP contribution in [-0.4, -0.2) is 57.3 Å². The molecule has 0 bridgehead atoms. The van der Waals surface area contributed by atoms with E-state index in [1.54, 1.807) is 11.3 Å². The van der Waals surface area contributed by atoms with Crippen molar-refractivity contribution in [2.75, 3.05) is 26.2 Å². The van der Waals surface area contributed by atoms with Gasteiger partial charge in [0.1, 0.15) is 10.6 Å². The molecular weight excluding hydrogens is 346 g/mol. The lowest BCUT2D eigenvalue weighted by Gasteiger charge is -2.37. The van der Waals surface area contributed by atoms with Crippen molar-refractivity contribution in [2.24, 2.45) is 0 Å². The fourth-order valence-corrected chi connectivity index (χ4v) is 4.85. The molecule has 26 heavy (non-hydrogen) atoms. The highest BCUT2D eigenvalue weighted by molar-refractivity contribution is 7.09.